The highest BCUT2D eigenvalue weighted by atomic mass is 16.5. The van der Waals surface area contributed by atoms with Crippen molar-refractivity contribution >= 4 is 36.3 Å². The standard InChI is InChI=1S/C20H30N2O7.C11H19NO8/c1-12(9-15-7-5-4-6-8-15)21-20(28)13(2)29-19(18(27)17(26)11-24)16(10-23)22-14(3)25;1-5(11(18)19)20-10(9(17)8(16)4-14)7(3-13)12-6(2)15/h4-8,10,12-13,16-19,24,26-27H,9,11H2,1-3H3,(H,21,28)(H,22,25);3,5,7-10,14,16-17H,4H2,1-2H3,(H,12,15)(H,18,19)/t12-,13-,16+,17-,18-,19-;5-,7+,8-,9-,10-/m11/s1. The summed E-state index contributed by atoms with van der Waals surface area (Å²) in [5.41, 5.74) is 1.04. The first-order valence-electron chi connectivity index (χ1n) is 15.2. The molecule has 278 valence electrons. The molecule has 0 aliphatic carbocycles. The van der Waals surface area contributed by atoms with Gasteiger partial charge in [0, 0.05) is 19.9 Å². The van der Waals surface area contributed by atoms with Crippen LogP contribution in [-0.2, 0) is 44.7 Å². The van der Waals surface area contributed by atoms with E-state index in [4.69, 9.17) is 24.8 Å². The fourth-order valence-electron chi connectivity index (χ4n) is 4.24. The first-order chi connectivity index (χ1) is 22.9. The van der Waals surface area contributed by atoms with Crippen LogP contribution in [0.4, 0.5) is 0 Å². The maximum absolute atomic E-state index is 12.5. The van der Waals surface area contributed by atoms with Crippen LogP contribution in [0.1, 0.15) is 40.2 Å². The van der Waals surface area contributed by atoms with Crippen molar-refractivity contribution in [2.24, 2.45) is 0 Å². The molecule has 1 aromatic carbocycles. The number of aliphatic carboxylic acids is 1. The third kappa shape index (κ3) is 16.9. The van der Waals surface area contributed by atoms with E-state index in [1.807, 2.05) is 37.3 Å². The van der Waals surface area contributed by atoms with Crippen LogP contribution in [0.25, 0.3) is 0 Å². The van der Waals surface area contributed by atoms with Gasteiger partial charge in [-0.2, -0.15) is 0 Å². The van der Waals surface area contributed by atoms with Crippen LogP contribution >= 0.6 is 0 Å². The Morgan fingerprint density at radius 1 is 0.714 bits per heavy atom. The molecule has 18 heteroatoms. The Morgan fingerprint density at radius 3 is 1.47 bits per heavy atom. The number of ether oxygens (including phenoxy) is 2. The summed E-state index contributed by atoms with van der Waals surface area (Å²) >= 11 is 0. The molecule has 0 aliphatic rings. The summed E-state index contributed by atoms with van der Waals surface area (Å²) in [6.45, 7) is 5.07. The average molecular weight is 704 g/mol. The van der Waals surface area contributed by atoms with Gasteiger partial charge in [-0.05, 0) is 32.8 Å². The molecule has 1 aromatic rings. The highest BCUT2D eigenvalue weighted by molar-refractivity contribution is 5.81. The molecule has 0 saturated heterocycles. The first-order valence-corrected chi connectivity index (χ1v) is 15.2. The lowest BCUT2D eigenvalue weighted by Gasteiger charge is -2.32. The summed E-state index contributed by atoms with van der Waals surface area (Å²) in [7, 11) is 0. The minimum atomic E-state index is -1.76. The molecule has 0 fully saturated rings. The molecule has 49 heavy (non-hydrogen) atoms. The molecular weight excluding hydrogens is 654 g/mol. The molecule has 0 radical (unpaired) electrons. The van der Waals surface area contributed by atoms with Crippen LogP contribution in [-0.4, -0.2) is 152 Å². The number of aldehydes is 2. The second-order valence-corrected chi connectivity index (χ2v) is 11.1. The van der Waals surface area contributed by atoms with E-state index < -0.39 is 97.8 Å². The Balaban J connectivity index is 0.00000101. The second kappa shape index (κ2) is 23.5. The Bertz CT molecular complexity index is 1170. The Kier molecular flexibility index (Phi) is 21.6. The van der Waals surface area contributed by atoms with E-state index in [1.54, 1.807) is 0 Å². The maximum Gasteiger partial charge on any atom is 0.332 e. The highest BCUT2D eigenvalue weighted by Gasteiger charge is 2.38. The van der Waals surface area contributed by atoms with E-state index in [2.05, 4.69) is 16.0 Å². The molecular formula is C31H49N3O15. The largest absolute Gasteiger partial charge is 0.479 e. The number of amides is 3. The zero-order valence-electron chi connectivity index (χ0n) is 27.9. The van der Waals surface area contributed by atoms with Gasteiger partial charge < -0.3 is 70.8 Å². The van der Waals surface area contributed by atoms with Crippen LogP contribution in [0.2, 0.25) is 0 Å². The van der Waals surface area contributed by atoms with Crippen molar-refractivity contribution in [2.45, 2.75) is 108 Å². The number of carboxylic acid groups (broad SMARTS) is 1. The molecule has 0 aliphatic heterocycles. The van der Waals surface area contributed by atoms with Gasteiger partial charge in [-0.1, -0.05) is 30.3 Å². The first kappa shape index (κ1) is 45.1. The molecule has 10 N–H and O–H groups in total. The van der Waals surface area contributed by atoms with Crippen LogP contribution < -0.4 is 16.0 Å². The van der Waals surface area contributed by atoms with Gasteiger partial charge >= 0.3 is 5.97 Å². The predicted octanol–water partition coefficient (Wildman–Crippen LogP) is -3.81. The zero-order chi connectivity index (χ0) is 37.8. The number of carboxylic acids is 1. The molecule has 0 heterocycles. The van der Waals surface area contributed by atoms with E-state index in [0.29, 0.717) is 12.7 Å². The average Bonchev–Trinajstić information content (AvgIpc) is 3.06. The zero-order valence-corrected chi connectivity index (χ0v) is 27.9. The van der Waals surface area contributed by atoms with Crippen molar-refractivity contribution in [3.63, 3.8) is 0 Å². The monoisotopic (exact) mass is 703 g/mol. The fourth-order valence-corrected chi connectivity index (χ4v) is 4.24. The summed E-state index contributed by atoms with van der Waals surface area (Å²) in [4.78, 5) is 67.8. The van der Waals surface area contributed by atoms with Crippen molar-refractivity contribution in [3.05, 3.63) is 35.9 Å². The van der Waals surface area contributed by atoms with Crippen molar-refractivity contribution in [1.29, 1.82) is 0 Å². The fraction of sp³-hybridized carbons (Fsp3) is 0.613. The summed E-state index contributed by atoms with van der Waals surface area (Å²) in [6, 6.07) is 6.67. The summed E-state index contributed by atoms with van der Waals surface area (Å²) in [6.07, 6.45) is -11.0. The molecule has 0 saturated carbocycles. The summed E-state index contributed by atoms with van der Waals surface area (Å²) in [5.74, 6) is -3.01. The lowest BCUT2D eigenvalue weighted by molar-refractivity contribution is -0.168. The molecule has 0 bridgehead atoms. The number of nitrogens with one attached hydrogen (secondary N) is 3. The maximum atomic E-state index is 12.5. The molecule has 1 rings (SSSR count). The molecule has 0 aromatic heterocycles. The number of rotatable bonds is 21. The van der Waals surface area contributed by atoms with Crippen LogP contribution in [0.3, 0.4) is 0 Å². The second-order valence-electron chi connectivity index (χ2n) is 11.1. The van der Waals surface area contributed by atoms with Gasteiger partial charge in [-0.25, -0.2) is 4.79 Å². The minimum Gasteiger partial charge on any atom is -0.479 e. The Hall–Kier alpha value is -3.88. The number of aliphatic hydroxyl groups excluding tert-OH is 6. The SMILES string of the molecule is CC(=O)N[C@@H](C=O)[C@@H](O[C@H](C)C(=O)N[C@H](C)Cc1ccccc1)[C@H](O)[C@H](O)CO.CC(=O)N[C@@H](C=O)[C@@H](O[C@H](C)C(=O)O)[C@H](O)[C@H](O)CO. The lowest BCUT2D eigenvalue weighted by atomic mass is 10.0. The van der Waals surface area contributed by atoms with E-state index in [9.17, 15) is 49.2 Å². The van der Waals surface area contributed by atoms with E-state index in [-0.39, 0.29) is 12.3 Å². The molecule has 0 spiro atoms. The number of benzene rings is 1. The van der Waals surface area contributed by atoms with Gasteiger partial charge in [-0.3, -0.25) is 14.4 Å². The smallest absolute Gasteiger partial charge is 0.332 e. The van der Waals surface area contributed by atoms with E-state index >= 15 is 0 Å². The normalized spacial score (nSPS) is 17.8. The van der Waals surface area contributed by atoms with Gasteiger partial charge in [0.25, 0.3) is 0 Å². The topological polar surface area (TPSA) is 299 Å². The van der Waals surface area contributed by atoms with Crippen LogP contribution in [0.15, 0.2) is 30.3 Å². The summed E-state index contributed by atoms with van der Waals surface area (Å²) in [5, 5.41) is 72.9. The van der Waals surface area contributed by atoms with Gasteiger partial charge in [0.1, 0.15) is 67.4 Å². The minimum absolute atomic E-state index is 0.209. The Labute approximate surface area is 283 Å². The third-order valence-corrected chi connectivity index (χ3v) is 6.79. The van der Waals surface area contributed by atoms with Gasteiger partial charge in [-0.15, -0.1) is 0 Å². The van der Waals surface area contributed by atoms with E-state index in [1.165, 1.54) is 13.8 Å². The van der Waals surface area contributed by atoms with Crippen LogP contribution in [0.5, 0.6) is 0 Å². The molecule has 0 unspecified atom stereocenters. The van der Waals surface area contributed by atoms with Gasteiger partial charge in [0.2, 0.25) is 17.7 Å². The highest BCUT2D eigenvalue weighted by Crippen LogP contribution is 2.14. The van der Waals surface area contributed by atoms with E-state index in [0.717, 1.165) is 19.4 Å². The molecule has 3 amide bonds. The number of aliphatic hydroxyl groups is 6. The summed E-state index contributed by atoms with van der Waals surface area (Å²) < 4.78 is 10.5. The van der Waals surface area contributed by atoms with Crippen molar-refractivity contribution in [1.82, 2.24) is 16.0 Å². The molecule has 18 nitrogen and oxygen atoms in total. The van der Waals surface area contributed by atoms with Crippen molar-refractivity contribution in [3.8, 4) is 0 Å². The van der Waals surface area contributed by atoms with Crippen molar-refractivity contribution < 1.29 is 74.0 Å². The van der Waals surface area contributed by atoms with Gasteiger partial charge in [0.05, 0.1) is 13.2 Å². The third-order valence-electron chi connectivity index (χ3n) is 6.79. The molecule has 11 atom stereocenters. The quantitative estimate of drug-likeness (QED) is 0.0549. The van der Waals surface area contributed by atoms with Gasteiger partial charge in [0.15, 0.2) is 6.10 Å². The van der Waals surface area contributed by atoms with Crippen molar-refractivity contribution in [2.75, 3.05) is 13.2 Å². The number of hydrogen-bond donors (Lipinski definition) is 10. The number of hydrogen-bond acceptors (Lipinski definition) is 14. The predicted molar refractivity (Wildman–Crippen MR) is 170 cm³/mol. The number of carbonyl (C=O) groups excluding carboxylic acids is 5. The lowest BCUT2D eigenvalue weighted by Crippen LogP contribution is -2.56. The Morgan fingerprint density at radius 2 is 1.12 bits per heavy atom. The number of carbonyl (C=O) groups is 6. The van der Waals surface area contributed by atoms with Crippen LogP contribution in [0, 0.1) is 0 Å².